The van der Waals surface area contributed by atoms with Crippen molar-refractivity contribution in [3.63, 3.8) is 0 Å². The largest absolute Gasteiger partial charge is 0.295 e. The van der Waals surface area contributed by atoms with Crippen molar-refractivity contribution in [3.05, 3.63) is 120 Å². The highest BCUT2D eigenvalue weighted by atomic mass is 16.2. The van der Waals surface area contributed by atoms with E-state index < -0.39 is 0 Å². The van der Waals surface area contributed by atoms with Crippen LogP contribution in [0.1, 0.15) is 15.9 Å². The minimum absolute atomic E-state index is 0.0819. The quantitative estimate of drug-likeness (QED) is 0.363. The minimum atomic E-state index is -0.0819. The molecule has 31 heavy (non-hydrogen) atoms. The lowest BCUT2D eigenvalue weighted by Gasteiger charge is -2.26. The fourth-order valence-electron chi connectivity index (χ4n) is 3.85. The van der Waals surface area contributed by atoms with E-state index >= 15 is 0 Å². The van der Waals surface area contributed by atoms with Crippen molar-refractivity contribution in [1.82, 2.24) is 9.99 Å². The molecule has 5 aromatic rings. The molecule has 4 aromatic carbocycles. The second kappa shape index (κ2) is 8.28. The van der Waals surface area contributed by atoms with E-state index in [0.717, 1.165) is 32.9 Å². The highest BCUT2D eigenvalue weighted by Crippen LogP contribution is 2.23. The summed E-state index contributed by atoms with van der Waals surface area (Å²) < 4.78 is 0. The van der Waals surface area contributed by atoms with Crippen LogP contribution in [0.3, 0.4) is 0 Å². The highest BCUT2D eigenvalue weighted by Gasteiger charge is 2.19. The third-order valence-electron chi connectivity index (χ3n) is 5.37. The maximum absolute atomic E-state index is 13.8. The number of carbonyl (C=O) groups excluding carboxylic acids is 1. The van der Waals surface area contributed by atoms with Crippen molar-refractivity contribution in [1.29, 1.82) is 0 Å². The topological polar surface area (TPSA) is 45.2 Å². The fraction of sp³-hybridized carbons (Fsp3) is 0.0370. The molecule has 0 aliphatic carbocycles. The first-order chi connectivity index (χ1) is 15.3. The summed E-state index contributed by atoms with van der Waals surface area (Å²) in [6, 6.07) is 33.5. The summed E-state index contributed by atoms with van der Waals surface area (Å²) in [7, 11) is 0. The zero-order valence-electron chi connectivity index (χ0n) is 16.9. The van der Waals surface area contributed by atoms with Gasteiger partial charge in [-0.1, -0.05) is 72.8 Å². The number of benzene rings is 4. The molecule has 1 amide bonds. The SMILES string of the molecule is O=C(c1cccc2ccccc12)N(Cc1ccnc2ccccc12)Nc1ccccc1. The van der Waals surface area contributed by atoms with Crippen molar-refractivity contribution >= 4 is 33.3 Å². The molecule has 0 bridgehead atoms. The number of hydrazine groups is 1. The van der Waals surface area contributed by atoms with Crippen molar-refractivity contribution in [2.45, 2.75) is 6.54 Å². The van der Waals surface area contributed by atoms with Crippen LogP contribution in [0.25, 0.3) is 21.7 Å². The number of hydrogen-bond donors (Lipinski definition) is 1. The lowest BCUT2D eigenvalue weighted by molar-refractivity contribution is 0.0785. The molecule has 0 atom stereocenters. The van der Waals surface area contributed by atoms with Gasteiger partial charge in [-0.2, -0.15) is 0 Å². The highest BCUT2D eigenvalue weighted by molar-refractivity contribution is 6.07. The second-order valence-electron chi connectivity index (χ2n) is 7.38. The van der Waals surface area contributed by atoms with E-state index in [2.05, 4.69) is 10.4 Å². The Morgan fingerprint density at radius 3 is 2.32 bits per heavy atom. The summed E-state index contributed by atoms with van der Waals surface area (Å²) in [5.74, 6) is -0.0819. The van der Waals surface area contributed by atoms with Crippen LogP contribution in [0.5, 0.6) is 0 Å². The molecule has 0 spiro atoms. The number of pyridine rings is 1. The smallest absolute Gasteiger partial charge is 0.273 e. The summed E-state index contributed by atoms with van der Waals surface area (Å²) in [5, 5.41) is 4.70. The number of para-hydroxylation sites is 2. The Bertz CT molecular complexity index is 1350. The average molecular weight is 403 g/mol. The van der Waals surface area contributed by atoms with Gasteiger partial charge in [-0.15, -0.1) is 0 Å². The van der Waals surface area contributed by atoms with Crippen LogP contribution in [0, 0.1) is 0 Å². The summed E-state index contributed by atoms with van der Waals surface area (Å²) >= 11 is 0. The number of fused-ring (bicyclic) bond motifs is 2. The predicted octanol–water partition coefficient (Wildman–Crippen LogP) is 6.06. The first-order valence-corrected chi connectivity index (χ1v) is 10.2. The molecule has 5 rings (SSSR count). The zero-order chi connectivity index (χ0) is 21.0. The van der Waals surface area contributed by atoms with Gasteiger partial charge in [0, 0.05) is 17.1 Å². The van der Waals surface area contributed by atoms with Gasteiger partial charge in [-0.05, 0) is 46.7 Å². The predicted molar refractivity (Wildman–Crippen MR) is 126 cm³/mol. The van der Waals surface area contributed by atoms with Gasteiger partial charge in [0.15, 0.2) is 0 Å². The van der Waals surface area contributed by atoms with E-state index in [4.69, 9.17) is 0 Å². The molecule has 0 saturated heterocycles. The van der Waals surface area contributed by atoms with Gasteiger partial charge in [0.1, 0.15) is 0 Å². The Labute approximate surface area is 180 Å². The summed E-state index contributed by atoms with van der Waals surface area (Å²) in [4.78, 5) is 18.2. The third kappa shape index (κ3) is 3.83. The molecule has 4 heteroatoms. The van der Waals surface area contributed by atoms with Crippen LogP contribution in [-0.4, -0.2) is 15.9 Å². The number of aromatic nitrogens is 1. The third-order valence-corrected chi connectivity index (χ3v) is 5.37. The molecule has 1 aromatic heterocycles. The molecule has 1 N–H and O–H groups in total. The molecular weight excluding hydrogens is 382 g/mol. The standard InChI is InChI=1S/C27H21N3O/c31-27(25-15-8-10-20-9-4-5-13-23(20)25)30(29-22-11-2-1-3-12-22)19-21-17-18-28-26-16-7-6-14-24(21)26/h1-18,29H,19H2. The van der Waals surface area contributed by atoms with E-state index in [1.54, 1.807) is 11.2 Å². The van der Waals surface area contributed by atoms with Crippen molar-refractivity contribution < 1.29 is 4.79 Å². The lowest BCUT2D eigenvalue weighted by Crippen LogP contribution is -2.36. The monoisotopic (exact) mass is 403 g/mol. The number of hydrogen-bond acceptors (Lipinski definition) is 3. The molecule has 0 saturated carbocycles. The average Bonchev–Trinajstić information content (AvgIpc) is 2.84. The van der Waals surface area contributed by atoms with Crippen molar-refractivity contribution in [2.24, 2.45) is 0 Å². The maximum atomic E-state index is 13.8. The summed E-state index contributed by atoms with van der Waals surface area (Å²) in [6.45, 7) is 0.403. The lowest BCUT2D eigenvalue weighted by atomic mass is 10.0. The number of anilines is 1. The van der Waals surface area contributed by atoms with Crippen molar-refractivity contribution in [3.8, 4) is 0 Å². The molecular formula is C27H21N3O. The molecule has 0 unspecified atom stereocenters. The van der Waals surface area contributed by atoms with E-state index in [0.29, 0.717) is 12.1 Å². The number of carbonyl (C=O) groups is 1. The van der Waals surface area contributed by atoms with Crippen LogP contribution >= 0.6 is 0 Å². The van der Waals surface area contributed by atoms with Crippen LogP contribution in [0.2, 0.25) is 0 Å². The molecule has 0 aliphatic heterocycles. The first kappa shape index (κ1) is 18.8. The van der Waals surface area contributed by atoms with Crippen LogP contribution in [0.15, 0.2) is 109 Å². The van der Waals surface area contributed by atoms with Gasteiger partial charge >= 0.3 is 0 Å². The van der Waals surface area contributed by atoms with Gasteiger partial charge in [-0.25, -0.2) is 5.01 Å². The van der Waals surface area contributed by atoms with Gasteiger partial charge in [0.2, 0.25) is 0 Å². The Balaban J connectivity index is 1.57. The van der Waals surface area contributed by atoms with E-state index in [9.17, 15) is 4.79 Å². The van der Waals surface area contributed by atoms with E-state index in [1.807, 2.05) is 103 Å². The molecule has 0 fully saturated rings. The van der Waals surface area contributed by atoms with Gasteiger partial charge < -0.3 is 0 Å². The fourth-order valence-corrected chi connectivity index (χ4v) is 3.85. The molecule has 4 nitrogen and oxygen atoms in total. The Morgan fingerprint density at radius 2 is 1.45 bits per heavy atom. The number of amides is 1. The van der Waals surface area contributed by atoms with E-state index in [1.165, 1.54) is 0 Å². The molecule has 0 radical (unpaired) electrons. The normalized spacial score (nSPS) is 10.8. The van der Waals surface area contributed by atoms with Crippen LogP contribution < -0.4 is 5.43 Å². The number of nitrogens with zero attached hydrogens (tertiary/aromatic N) is 2. The second-order valence-corrected chi connectivity index (χ2v) is 7.38. The van der Waals surface area contributed by atoms with Crippen LogP contribution in [-0.2, 0) is 6.54 Å². The maximum Gasteiger partial charge on any atom is 0.273 e. The van der Waals surface area contributed by atoms with Crippen LogP contribution in [0.4, 0.5) is 5.69 Å². The van der Waals surface area contributed by atoms with Crippen molar-refractivity contribution in [2.75, 3.05) is 5.43 Å². The van der Waals surface area contributed by atoms with E-state index in [-0.39, 0.29) is 5.91 Å². The Hall–Kier alpha value is -4.18. The van der Waals surface area contributed by atoms with Gasteiger partial charge in [0.05, 0.1) is 17.7 Å². The summed E-state index contributed by atoms with van der Waals surface area (Å²) in [6.07, 6.45) is 1.79. The summed E-state index contributed by atoms with van der Waals surface area (Å²) in [5.41, 5.74) is 6.79. The molecule has 0 aliphatic rings. The number of nitrogens with one attached hydrogen (secondary N) is 1. The minimum Gasteiger partial charge on any atom is -0.295 e. The molecule has 1 heterocycles. The first-order valence-electron chi connectivity index (χ1n) is 10.2. The Morgan fingerprint density at radius 1 is 0.742 bits per heavy atom. The number of rotatable bonds is 5. The Kier molecular flexibility index (Phi) is 5.03. The van der Waals surface area contributed by atoms with Gasteiger partial charge in [-0.3, -0.25) is 15.2 Å². The zero-order valence-corrected chi connectivity index (χ0v) is 16.9. The van der Waals surface area contributed by atoms with Gasteiger partial charge in [0.25, 0.3) is 5.91 Å². The molecule has 150 valence electrons.